The van der Waals surface area contributed by atoms with Crippen molar-refractivity contribution < 1.29 is 14.3 Å². The van der Waals surface area contributed by atoms with E-state index in [4.69, 9.17) is 16.3 Å². The summed E-state index contributed by atoms with van der Waals surface area (Å²) in [7, 11) is 1.51. The maximum absolute atomic E-state index is 13.6. The van der Waals surface area contributed by atoms with Gasteiger partial charge in [-0.2, -0.15) is 5.10 Å². The zero-order valence-corrected chi connectivity index (χ0v) is 25.8. The Bertz CT molecular complexity index is 1620. The summed E-state index contributed by atoms with van der Waals surface area (Å²) in [4.78, 5) is 31.0. The van der Waals surface area contributed by atoms with Crippen LogP contribution in [0.2, 0.25) is 5.02 Å². The highest BCUT2D eigenvalue weighted by atomic mass is 35.5. The molecule has 0 aliphatic carbocycles. The summed E-state index contributed by atoms with van der Waals surface area (Å²) in [6.45, 7) is 7.52. The van der Waals surface area contributed by atoms with Crippen molar-refractivity contribution >= 4 is 36.1 Å². The second-order valence-corrected chi connectivity index (χ2v) is 11.0. The number of ether oxygens (including phenoxy) is 1. The third kappa shape index (κ3) is 8.78. The molecule has 1 atom stereocenters. The molecule has 3 N–H and O–H groups in total. The van der Waals surface area contributed by atoms with Crippen LogP contribution in [0.15, 0.2) is 107 Å². The molecule has 0 aliphatic heterocycles. The second kappa shape index (κ2) is 15.0. The lowest BCUT2D eigenvalue weighted by Gasteiger charge is -2.30. The summed E-state index contributed by atoms with van der Waals surface area (Å²) in [6.07, 6.45) is 0.319. The number of hydrazone groups is 1. The predicted octanol–water partition coefficient (Wildman–Crippen LogP) is 5.86. The van der Waals surface area contributed by atoms with Gasteiger partial charge in [0.2, 0.25) is 11.9 Å². The lowest BCUT2D eigenvalue weighted by atomic mass is 9.88. The Morgan fingerprint density at radius 2 is 1.59 bits per heavy atom. The van der Waals surface area contributed by atoms with E-state index in [1.54, 1.807) is 6.92 Å². The number of hydrogen-bond donors (Lipinski definition) is 3. The zero-order chi connectivity index (χ0) is 31.5. The van der Waals surface area contributed by atoms with Crippen molar-refractivity contribution in [2.45, 2.75) is 38.8 Å². The maximum Gasteiger partial charge on any atom is 0.252 e. The minimum atomic E-state index is -1.32. The zero-order valence-electron chi connectivity index (χ0n) is 25.1. The Morgan fingerprint density at radius 3 is 2.23 bits per heavy atom. The van der Waals surface area contributed by atoms with E-state index in [1.165, 1.54) is 7.05 Å². The van der Waals surface area contributed by atoms with Crippen molar-refractivity contribution in [3.8, 4) is 16.9 Å². The Morgan fingerprint density at radius 1 is 0.909 bits per heavy atom. The van der Waals surface area contributed by atoms with Crippen LogP contribution in [-0.2, 0) is 29.0 Å². The second-order valence-electron chi connectivity index (χ2n) is 10.6. The fraction of sp³-hybridized carbons (Fsp3) is 0.200. The number of aryl methyl sites for hydroxylation is 1. The van der Waals surface area contributed by atoms with Gasteiger partial charge >= 0.3 is 0 Å². The van der Waals surface area contributed by atoms with Crippen LogP contribution >= 0.6 is 11.6 Å². The molecule has 8 nitrogen and oxygen atoms in total. The van der Waals surface area contributed by atoms with Gasteiger partial charge in [0.1, 0.15) is 17.9 Å². The third-order valence-electron chi connectivity index (χ3n) is 7.16. The van der Waals surface area contributed by atoms with Crippen molar-refractivity contribution in [2.24, 2.45) is 10.1 Å². The maximum atomic E-state index is 13.6. The summed E-state index contributed by atoms with van der Waals surface area (Å²) >= 11 is 6.06. The van der Waals surface area contributed by atoms with Gasteiger partial charge < -0.3 is 10.1 Å². The number of carbonyl (C=O) groups excluding carboxylic acids is 2. The molecular weight excluding hydrogens is 574 g/mol. The Hall–Kier alpha value is -4.95. The topological polar surface area (TPSA) is 104 Å². The van der Waals surface area contributed by atoms with E-state index in [1.807, 2.05) is 97.9 Å². The highest BCUT2D eigenvalue weighted by Crippen LogP contribution is 2.26. The Balaban J connectivity index is 1.49. The third-order valence-corrected chi connectivity index (χ3v) is 7.41. The van der Waals surface area contributed by atoms with Crippen LogP contribution in [0.5, 0.6) is 5.75 Å². The van der Waals surface area contributed by atoms with Crippen LogP contribution < -0.4 is 20.8 Å². The lowest BCUT2D eigenvalue weighted by molar-refractivity contribution is -0.131. The lowest BCUT2D eigenvalue weighted by Crippen LogP contribution is -2.60. The molecule has 1 unspecified atom stereocenters. The van der Waals surface area contributed by atoms with Crippen molar-refractivity contribution in [1.82, 2.24) is 16.1 Å². The summed E-state index contributed by atoms with van der Waals surface area (Å²) in [5, 5.41) is 9.95. The molecule has 9 heteroatoms. The summed E-state index contributed by atoms with van der Waals surface area (Å²) in [6, 6.07) is 30.9. The van der Waals surface area contributed by atoms with Gasteiger partial charge in [0.05, 0.1) is 6.42 Å². The fourth-order valence-electron chi connectivity index (χ4n) is 4.71. The summed E-state index contributed by atoms with van der Waals surface area (Å²) in [5.74, 6) is 0.0649. The Kier molecular flexibility index (Phi) is 10.9. The largest absolute Gasteiger partial charge is 0.489 e. The van der Waals surface area contributed by atoms with E-state index in [0.717, 1.165) is 33.4 Å². The van der Waals surface area contributed by atoms with Crippen LogP contribution in [-0.4, -0.2) is 37.1 Å². The highest BCUT2D eigenvalue weighted by Gasteiger charge is 2.36. The molecule has 4 rings (SSSR count). The van der Waals surface area contributed by atoms with Crippen molar-refractivity contribution in [2.75, 3.05) is 7.05 Å². The van der Waals surface area contributed by atoms with Gasteiger partial charge in [0.25, 0.3) is 5.91 Å². The van der Waals surface area contributed by atoms with Gasteiger partial charge in [-0.1, -0.05) is 84.4 Å². The molecule has 0 spiro atoms. The van der Waals surface area contributed by atoms with Crippen molar-refractivity contribution in [3.05, 3.63) is 124 Å². The van der Waals surface area contributed by atoms with Gasteiger partial charge in [-0.25, -0.2) is 5.43 Å². The van der Waals surface area contributed by atoms with E-state index in [9.17, 15) is 9.59 Å². The first kappa shape index (κ1) is 32.0. The summed E-state index contributed by atoms with van der Waals surface area (Å²) in [5.41, 5.74) is 7.03. The minimum Gasteiger partial charge on any atom is -0.489 e. The number of nitrogens with zero attached hydrogens (tertiary/aromatic N) is 2. The van der Waals surface area contributed by atoms with Crippen LogP contribution in [0, 0.1) is 6.92 Å². The first-order valence-corrected chi connectivity index (χ1v) is 14.5. The standard InChI is InChI=1S/C35H36ClN5O3/c1-24-20-28(27-14-16-30(36)17-15-27)12-13-29(24)22-35(2,33(43)39-34(37-3)41-38-4)40-32(42)21-25-10-18-31(19-11-25)44-23-26-8-6-5-7-9-26/h5-20H,4,21-23H2,1-3H3,(H,40,42)(H2,37,39,41,43). The smallest absolute Gasteiger partial charge is 0.252 e. The average Bonchev–Trinajstić information content (AvgIpc) is 3.02. The number of rotatable bonds is 11. The van der Waals surface area contributed by atoms with Gasteiger partial charge in [-0.15, -0.1) is 0 Å². The molecule has 44 heavy (non-hydrogen) atoms. The van der Waals surface area contributed by atoms with E-state index in [2.05, 4.69) is 38.9 Å². The van der Waals surface area contributed by atoms with Crippen LogP contribution in [0.1, 0.15) is 29.2 Å². The highest BCUT2D eigenvalue weighted by molar-refractivity contribution is 6.30. The monoisotopic (exact) mass is 609 g/mol. The number of nitrogens with one attached hydrogen (secondary N) is 3. The molecule has 4 aromatic rings. The number of amides is 2. The molecule has 0 bridgehead atoms. The number of hydrogen-bond acceptors (Lipinski definition) is 5. The van der Waals surface area contributed by atoms with Gasteiger partial charge in [0, 0.05) is 25.2 Å². The van der Waals surface area contributed by atoms with E-state index < -0.39 is 11.4 Å². The number of guanidine groups is 1. The quantitative estimate of drug-likeness (QED) is 0.113. The molecule has 0 saturated heterocycles. The average molecular weight is 610 g/mol. The fourth-order valence-corrected chi connectivity index (χ4v) is 4.84. The number of carbonyl (C=O) groups is 2. The van der Waals surface area contributed by atoms with Crippen molar-refractivity contribution in [3.63, 3.8) is 0 Å². The van der Waals surface area contributed by atoms with Gasteiger partial charge in [-0.05, 0) is 71.5 Å². The first-order valence-electron chi connectivity index (χ1n) is 14.1. The molecule has 0 fully saturated rings. The Labute approximate surface area is 263 Å². The van der Waals surface area contributed by atoms with Crippen LogP contribution in [0.4, 0.5) is 0 Å². The van der Waals surface area contributed by atoms with Gasteiger partial charge in [-0.3, -0.25) is 19.9 Å². The molecule has 0 heterocycles. The molecule has 0 aliphatic rings. The van der Waals surface area contributed by atoms with Gasteiger partial charge in [0.15, 0.2) is 0 Å². The minimum absolute atomic E-state index is 0.0809. The SMILES string of the molecule is C=NNC(=NC)NC(=O)C(C)(Cc1ccc(-c2ccc(Cl)cc2)cc1C)NC(=O)Cc1ccc(OCc2ccccc2)cc1. The first-order chi connectivity index (χ1) is 21.2. The summed E-state index contributed by atoms with van der Waals surface area (Å²) < 4.78 is 5.86. The van der Waals surface area contributed by atoms with Crippen LogP contribution in [0.25, 0.3) is 11.1 Å². The molecule has 2 amide bonds. The number of benzene rings is 4. The van der Waals surface area contributed by atoms with E-state index >= 15 is 0 Å². The molecule has 226 valence electrons. The number of aliphatic imine (C=N–C) groups is 1. The van der Waals surface area contributed by atoms with E-state index in [0.29, 0.717) is 17.4 Å². The molecular formula is C35H36ClN5O3. The molecule has 0 radical (unpaired) electrons. The van der Waals surface area contributed by atoms with Crippen LogP contribution in [0.3, 0.4) is 0 Å². The van der Waals surface area contributed by atoms with Crippen molar-refractivity contribution in [1.29, 1.82) is 0 Å². The molecule has 4 aromatic carbocycles. The van der Waals surface area contributed by atoms with E-state index in [-0.39, 0.29) is 24.7 Å². The molecule has 0 saturated carbocycles. The normalized spacial score (nSPS) is 12.5. The predicted molar refractivity (Wildman–Crippen MR) is 177 cm³/mol. The molecule has 0 aromatic heterocycles. The number of halogens is 1.